The molecule has 1 amide bonds. The van der Waals surface area contributed by atoms with E-state index in [1.807, 2.05) is 35.2 Å². The van der Waals surface area contributed by atoms with E-state index in [-0.39, 0.29) is 16.4 Å². The summed E-state index contributed by atoms with van der Waals surface area (Å²) in [6.07, 6.45) is 0. The number of nitrogens with one attached hydrogen (secondary N) is 2. The van der Waals surface area contributed by atoms with Crippen LogP contribution in [0.15, 0.2) is 72.8 Å². The van der Waals surface area contributed by atoms with Crippen molar-refractivity contribution in [1.29, 1.82) is 0 Å². The summed E-state index contributed by atoms with van der Waals surface area (Å²) in [7, 11) is 0. The first kappa shape index (κ1) is 27.5. The predicted molar refractivity (Wildman–Crippen MR) is 160 cm³/mol. The summed E-state index contributed by atoms with van der Waals surface area (Å²) in [6, 6.07) is 22.8. The fraction of sp³-hybridized carbons (Fsp3) is 0.310. The minimum absolute atomic E-state index is 0.117. The van der Waals surface area contributed by atoms with E-state index >= 15 is 0 Å². The van der Waals surface area contributed by atoms with Crippen molar-refractivity contribution in [3.05, 3.63) is 94.0 Å². The molecule has 2 saturated heterocycles. The van der Waals surface area contributed by atoms with Crippen molar-refractivity contribution < 1.29 is 14.5 Å². The number of thiocarbonyl (C=S) groups is 1. The molecule has 0 aliphatic carbocycles. The number of rotatable bonds is 7. The molecule has 2 fully saturated rings. The number of carbonyl (C=O) groups is 1. The molecule has 2 aliphatic rings. The quantitative estimate of drug-likeness (QED) is 0.253. The highest BCUT2D eigenvalue weighted by Crippen LogP contribution is 2.27. The third kappa shape index (κ3) is 6.92. The summed E-state index contributed by atoms with van der Waals surface area (Å²) in [4.78, 5) is 30.8. The highest BCUT2D eigenvalue weighted by molar-refractivity contribution is 7.80. The summed E-state index contributed by atoms with van der Waals surface area (Å²) < 4.78 is 5.40. The number of morpholine rings is 1. The van der Waals surface area contributed by atoms with Crippen LogP contribution in [0.3, 0.4) is 0 Å². The Morgan fingerprint density at radius 2 is 1.60 bits per heavy atom. The Hall–Kier alpha value is -4.06. The second-order valence-corrected chi connectivity index (χ2v) is 10.2. The molecule has 0 spiro atoms. The van der Waals surface area contributed by atoms with Gasteiger partial charge >= 0.3 is 0 Å². The lowest BCUT2D eigenvalue weighted by molar-refractivity contribution is -0.384. The number of non-ortho nitro benzene ring substituents is 1. The molecule has 2 heterocycles. The summed E-state index contributed by atoms with van der Waals surface area (Å²) in [6.45, 7) is 7.08. The van der Waals surface area contributed by atoms with Crippen LogP contribution < -0.4 is 20.4 Å². The lowest BCUT2D eigenvalue weighted by Gasteiger charge is -2.36. The third-order valence-corrected chi connectivity index (χ3v) is 7.33. The molecule has 0 radical (unpaired) electrons. The molecule has 5 rings (SSSR count). The van der Waals surface area contributed by atoms with Crippen LogP contribution in [0.2, 0.25) is 0 Å². The van der Waals surface area contributed by atoms with Gasteiger partial charge in [0.05, 0.1) is 29.4 Å². The first-order chi connectivity index (χ1) is 19.5. The average Bonchev–Trinajstić information content (AvgIpc) is 2.98. The zero-order valence-corrected chi connectivity index (χ0v) is 22.9. The summed E-state index contributed by atoms with van der Waals surface area (Å²) >= 11 is 5.39. The number of nitro groups is 1. The highest BCUT2D eigenvalue weighted by Gasteiger charge is 2.23. The van der Waals surface area contributed by atoms with Crippen LogP contribution in [0.1, 0.15) is 15.9 Å². The maximum atomic E-state index is 13.2. The number of benzene rings is 3. The van der Waals surface area contributed by atoms with Gasteiger partial charge in [-0.25, -0.2) is 0 Å². The van der Waals surface area contributed by atoms with Gasteiger partial charge < -0.3 is 19.9 Å². The number of carbonyl (C=O) groups excluding carboxylic acids is 1. The third-order valence-electron chi connectivity index (χ3n) is 7.13. The number of nitro benzene ring substituents is 1. The molecule has 0 atom stereocenters. The lowest BCUT2D eigenvalue weighted by Crippen LogP contribution is -2.45. The molecule has 0 bridgehead atoms. The van der Waals surface area contributed by atoms with Crippen LogP contribution in [-0.2, 0) is 11.3 Å². The van der Waals surface area contributed by atoms with Crippen molar-refractivity contribution >= 4 is 46.0 Å². The van der Waals surface area contributed by atoms with Crippen molar-refractivity contribution in [3.8, 4) is 0 Å². The van der Waals surface area contributed by atoms with Crippen molar-refractivity contribution in [2.45, 2.75) is 6.54 Å². The largest absolute Gasteiger partial charge is 0.378 e. The highest BCUT2D eigenvalue weighted by atomic mass is 32.1. The van der Waals surface area contributed by atoms with E-state index < -0.39 is 10.8 Å². The second-order valence-electron chi connectivity index (χ2n) is 9.76. The molecule has 0 aromatic heterocycles. The topological polar surface area (TPSA) is 103 Å². The van der Waals surface area contributed by atoms with Crippen molar-refractivity contribution in [3.63, 3.8) is 0 Å². The first-order valence-electron chi connectivity index (χ1n) is 13.3. The monoisotopic (exact) mass is 560 g/mol. The number of anilines is 3. The number of nitrogens with zero attached hydrogens (tertiary/aromatic N) is 4. The molecule has 0 unspecified atom stereocenters. The number of hydrogen-bond acceptors (Lipinski definition) is 8. The van der Waals surface area contributed by atoms with Crippen LogP contribution in [-0.4, -0.2) is 73.3 Å². The number of piperazine rings is 1. The van der Waals surface area contributed by atoms with Gasteiger partial charge in [-0.2, -0.15) is 0 Å². The zero-order valence-electron chi connectivity index (χ0n) is 22.1. The number of hydrogen-bond donors (Lipinski definition) is 2. The van der Waals surface area contributed by atoms with E-state index in [9.17, 15) is 14.9 Å². The Kier molecular flexibility index (Phi) is 8.84. The molecule has 3 aromatic rings. The zero-order chi connectivity index (χ0) is 27.9. The van der Waals surface area contributed by atoms with Gasteiger partial charge in [0, 0.05) is 69.3 Å². The van der Waals surface area contributed by atoms with E-state index in [2.05, 4.69) is 44.7 Å². The Balaban J connectivity index is 1.16. The van der Waals surface area contributed by atoms with Crippen molar-refractivity contribution in [2.75, 3.05) is 67.6 Å². The van der Waals surface area contributed by atoms with E-state index in [1.54, 1.807) is 6.07 Å². The van der Waals surface area contributed by atoms with Crippen LogP contribution in [0.25, 0.3) is 0 Å². The van der Waals surface area contributed by atoms with E-state index in [0.29, 0.717) is 32.0 Å². The smallest absolute Gasteiger partial charge is 0.270 e. The second kappa shape index (κ2) is 12.9. The minimum atomic E-state index is -0.513. The van der Waals surface area contributed by atoms with Gasteiger partial charge in [0.25, 0.3) is 11.6 Å². The van der Waals surface area contributed by atoms with Gasteiger partial charge in [0.15, 0.2) is 5.11 Å². The molecular formula is C29H32N6O4S. The molecule has 2 N–H and O–H groups in total. The van der Waals surface area contributed by atoms with Gasteiger partial charge in [-0.05, 0) is 48.1 Å². The minimum Gasteiger partial charge on any atom is -0.378 e. The average molecular weight is 561 g/mol. The number of amides is 1. The van der Waals surface area contributed by atoms with Crippen LogP contribution in [0.5, 0.6) is 0 Å². The normalized spacial score (nSPS) is 15.9. The predicted octanol–water partition coefficient (Wildman–Crippen LogP) is 3.88. The molecule has 11 heteroatoms. The fourth-order valence-electron chi connectivity index (χ4n) is 4.99. The Morgan fingerprint density at radius 3 is 2.27 bits per heavy atom. The van der Waals surface area contributed by atoms with Crippen molar-refractivity contribution in [1.82, 2.24) is 10.2 Å². The molecule has 10 nitrogen and oxygen atoms in total. The Bertz CT molecular complexity index is 1340. The molecule has 40 heavy (non-hydrogen) atoms. The standard InChI is InChI=1S/C29H32N6O4S/c36-28(26-20-25(35(37)38)10-11-27(26)34-16-18-39-19-17-34)31-29(40)30-23-6-8-24(9-7-23)33-14-12-32(13-15-33)21-22-4-2-1-3-5-22/h1-11,20H,12-19,21H2,(H2,30,31,36,40). The van der Waals surface area contributed by atoms with Crippen LogP contribution >= 0.6 is 12.2 Å². The van der Waals surface area contributed by atoms with Crippen LogP contribution in [0.4, 0.5) is 22.7 Å². The van der Waals surface area contributed by atoms with Crippen LogP contribution in [0, 0.1) is 10.1 Å². The maximum Gasteiger partial charge on any atom is 0.270 e. The summed E-state index contributed by atoms with van der Waals surface area (Å²) in [5.41, 5.74) is 3.86. The maximum absolute atomic E-state index is 13.2. The van der Waals surface area contributed by atoms with Gasteiger partial charge in [0.1, 0.15) is 0 Å². The number of ether oxygens (including phenoxy) is 1. The summed E-state index contributed by atoms with van der Waals surface area (Å²) in [5.74, 6) is -0.507. The lowest BCUT2D eigenvalue weighted by atomic mass is 10.1. The first-order valence-corrected chi connectivity index (χ1v) is 13.7. The van der Waals surface area contributed by atoms with Gasteiger partial charge in [-0.15, -0.1) is 0 Å². The van der Waals surface area contributed by atoms with E-state index in [0.717, 1.165) is 44.1 Å². The molecule has 3 aromatic carbocycles. The molecule has 2 aliphatic heterocycles. The van der Waals surface area contributed by atoms with Gasteiger partial charge in [-0.3, -0.25) is 25.1 Å². The Labute approximate surface area is 238 Å². The molecule has 0 saturated carbocycles. The van der Waals surface area contributed by atoms with Gasteiger partial charge in [-0.1, -0.05) is 30.3 Å². The molecular weight excluding hydrogens is 528 g/mol. The Morgan fingerprint density at radius 1 is 0.900 bits per heavy atom. The molecule has 208 valence electrons. The SMILES string of the molecule is O=C(NC(=S)Nc1ccc(N2CCN(Cc3ccccc3)CC2)cc1)c1cc([N+](=O)[O-])ccc1N1CCOCC1. The van der Waals surface area contributed by atoms with Crippen molar-refractivity contribution in [2.24, 2.45) is 0 Å². The van der Waals surface area contributed by atoms with E-state index in [4.69, 9.17) is 17.0 Å². The summed E-state index contributed by atoms with van der Waals surface area (Å²) in [5, 5.41) is 17.2. The fourth-order valence-corrected chi connectivity index (χ4v) is 5.20. The van der Waals surface area contributed by atoms with E-state index in [1.165, 1.54) is 17.7 Å². The van der Waals surface area contributed by atoms with Gasteiger partial charge in [0.2, 0.25) is 0 Å².